The first kappa shape index (κ1) is 29.9. The maximum Gasteiger partial charge on any atom is 0.264 e. The molecule has 2 atom stereocenters. The van der Waals surface area contributed by atoms with E-state index in [4.69, 9.17) is 0 Å². The first-order valence-electron chi connectivity index (χ1n) is 13.2. The molecule has 3 aromatic carbocycles. The second-order valence-corrected chi connectivity index (χ2v) is 11.9. The molecule has 3 aromatic rings. The Morgan fingerprint density at radius 3 is 2.21 bits per heavy atom. The minimum Gasteiger partial charge on any atom is -0.352 e. The molecular weight excluding hydrogens is 510 g/mol. The third-order valence-electron chi connectivity index (χ3n) is 7.06. The van der Waals surface area contributed by atoms with Crippen molar-refractivity contribution in [1.29, 1.82) is 0 Å². The van der Waals surface area contributed by atoms with E-state index in [1.807, 2.05) is 65.0 Å². The van der Waals surface area contributed by atoms with Crippen LogP contribution in [0.3, 0.4) is 0 Å². The van der Waals surface area contributed by atoms with E-state index in [9.17, 15) is 18.0 Å². The highest BCUT2D eigenvalue weighted by atomic mass is 32.2. The first-order valence-corrected chi connectivity index (χ1v) is 14.7. The van der Waals surface area contributed by atoms with Crippen molar-refractivity contribution in [2.75, 3.05) is 10.8 Å². The Kier molecular flexibility index (Phi) is 9.92. The second kappa shape index (κ2) is 12.9. The number of benzene rings is 3. The molecule has 0 aliphatic rings. The zero-order valence-electron chi connectivity index (χ0n) is 23.6. The van der Waals surface area contributed by atoms with E-state index >= 15 is 0 Å². The van der Waals surface area contributed by atoms with Crippen LogP contribution in [0.2, 0.25) is 0 Å². The molecule has 0 aliphatic heterocycles. The van der Waals surface area contributed by atoms with Crippen LogP contribution < -0.4 is 9.62 Å². The van der Waals surface area contributed by atoms with Crippen LogP contribution in [0, 0.1) is 20.8 Å². The van der Waals surface area contributed by atoms with Crippen LogP contribution >= 0.6 is 0 Å². The zero-order chi connectivity index (χ0) is 28.7. The van der Waals surface area contributed by atoms with Crippen molar-refractivity contribution in [2.45, 2.75) is 71.5 Å². The largest absolute Gasteiger partial charge is 0.352 e. The lowest BCUT2D eigenvalue weighted by Gasteiger charge is -2.33. The summed E-state index contributed by atoms with van der Waals surface area (Å²) in [6.07, 6.45) is 0.750. The number of amides is 2. The topological polar surface area (TPSA) is 86.8 Å². The molecule has 1 N–H and O–H groups in total. The Hall–Kier alpha value is -3.65. The molecule has 0 heterocycles. The first-order chi connectivity index (χ1) is 18.4. The molecule has 7 nitrogen and oxygen atoms in total. The monoisotopic (exact) mass is 549 g/mol. The SMILES string of the molecule is CCC(C)NC(=O)C(C)N(Cc1cccc(C)c1)C(=O)CN(c1cccc(C)c1C)S(=O)(=O)c1ccccc1. The summed E-state index contributed by atoms with van der Waals surface area (Å²) in [7, 11) is -4.09. The minimum absolute atomic E-state index is 0.0548. The van der Waals surface area contributed by atoms with Gasteiger partial charge in [0.25, 0.3) is 10.0 Å². The summed E-state index contributed by atoms with van der Waals surface area (Å²) in [6, 6.07) is 20.3. The highest BCUT2D eigenvalue weighted by molar-refractivity contribution is 7.92. The average molecular weight is 550 g/mol. The van der Waals surface area contributed by atoms with Crippen molar-refractivity contribution in [3.8, 4) is 0 Å². The van der Waals surface area contributed by atoms with Gasteiger partial charge >= 0.3 is 0 Å². The number of aryl methyl sites for hydroxylation is 2. The van der Waals surface area contributed by atoms with E-state index in [0.717, 1.165) is 33.0 Å². The summed E-state index contributed by atoms with van der Waals surface area (Å²) in [5.74, 6) is -0.752. The molecular formula is C31H39N3O4S. The van der Waals surface area contributed by atoms with Gasteiger partial charge in [-0.2, -0.15) is 0 Å². The fraction of sp³-hybridized carbons (Fsp3) is 0.355. The summed E-state index contributed by atoms with van der Waals surface area (Å²) < 4.78 is 29.0. The summed E-state index contributed by atoms with van der Waals surface area (Å²) in [4.78, 5) is 28.7. The minimum atomic E-state index is -4.09. The van der Waals surface area contributed by atoms with Crippen molar-refractivity contribution in [1.82, 2.24) is 10.2 Å². The van der Waals surface area contributed by atoms with E-state index in [1.54, 1.807) is 37.3 Å². The van der Waals surface area contributed by atoms with Gasteiger partial charge in [0.1, 0.15) is 12.6 Å². The fourth-order valence-corrected chi connectivity index (χ4v) is 5.79. The van der Waals surface area contributed by atoms with Crippen molar-refractivity contribution in [3.05, 3.63) is 95.1 Å². The van der Waals surface area contributed by atoms with Gasteiger partial charge in [-0.25, -0.2) is 8.42 Å². The summed E-state index contributed by atoms with van der Waals surface area (Å²) in [6.45, 7) is 11.0. The normalized spacial score (nSPS) is 12.9. The molecule has 0 bridgehead atoms. The molecule has 0 aromatic heterocycles. The lowest BCUT2D eigenvalue weighted by Crippen LogP contribution is -2.52. The van der Waals surface area contributed by atoms with Gasteiger partial charge in [-0.05, 0) is 75.9 Å². The summed E-state index contributed by atoms with van der Waals surface area (Å²) in [5.41, 5.74) is 3.99. The van der Waals surface area contributed by atoms with E-state index in [-0.39, 0.29) is 23.4 Å². The van der Waals surface area contributed by atoms with Gasteiger partial charge in [0, 0.05) is 12.6 Å². The van der Waals surface area contributed by atoms with E-state index < -0.39 is 28.5 Å². The van der Waals surface area contributed by atoms with Gasteiger partial charge in [0.2, 0.25) is 11.8 Å². The number of carbonyl (C=O) groups is 2. The highest BCUT2D eigenvalue weighted by Crippen LogP contribution is 2.29. The third-order valence-corrected chi connectivity index (χ3v) is 8.83. The predicted octanol–water partition coefficient (Wildman–Crippen LogP) is 5.14. The Morgan fingerprint density at radius 1 is 0.897 bits per heavy atom. The summed E-state index contributed by atoms with van der Waals surface area (Å²) >= 11 is 0. The quantitative estimate of drug-likeness (QED) is 0.359. The van der Waals surface area contributed by atoms with Crippen LogP contribution in [0.15, 0.2) is 77.7 Å². The van der Waals surface area contributed by atoms with Crippen molar-refractivity contribution < 1.29 is 18.0 Å². The van der Waals surface area contributed by atoms with Crippen molar-refractivity contribution in [3.63, 3.8) is 0 Å². The maximum atomic E-state index is 14.0. The number of sulfonamides is 1. The molecule has 3 rings (SSSR count). The third kappa shape index (κ3) is 7.26. The highest BCUT2D eigenvalue weighted by Gasteiger charge is 2.33. The van der Waals surface area contributed by atoms with Gasteiger partial charge in [0.05, 0.1) is 10.6 Å². The van der Waals surface area contributed by atoms with Gasteiger partial charge in [-0.3, -0.25) is 13.9 Å². The van der Waals surface area contributed by atoms with Crippen LogP contribution in [-0.2, 0) is 26.2 Å². The lowest BCUT2D eigenvalue weighted by molar-refractivity contribution is -0.139. The number of nitrogens with zero attached hydrogens (tertiary/aromatic N) is 2. The standard InChI is InChI=1S/C31H39N3O4S/c1-7-24(4)32-31(36)26(6)33(20-27-15-11-13-22(2)19-27)30(35)21-34(29-18-12-14-23(3)25(29)5)39(37,38)28-16-9-8-10-17-28/h8-19,24,26H,7,20-21H2,1-6H3,(H,32,36). The Morgan fingerprint density at radius 2 is 1.56 bits per heavy atom. The number of hydrogen-bond acceptors (Lipinski definition) is 4. The zero-order valence-corrected chi connectivity index (χ0v) is 24.5. The van der Waals surface area contributed by atoms with Crippen LogP contribution in [-0.4, -0.2) is 43.8 Å². The Balaban J connectivity index is 2.06. The molecule has 8 heteroatoms. The fourth-order valence-electron chi connectivity index (χ4n) is 4.29. The molecule has 2 amide bonds. The smallest absolute Gasteiger partial charge is 0.264 e. The molecule has 2 unspecified atom stereocenters. The molecule has 0 fully saturated rings. The van der Waals surface area contributed by atoms with Crippen LogP contribution in [0.4, 0.5) is 5.69 Å². The molecule has 208 valence electrons. The number of carbonyl (C=O) groups excluding carboxylic acids is 2. The molecule has 0 aliphatic carbocycles. The molecule has 0 saturated carbocycles. The van der Waals surface area contributed by atoms with Crippen LogP contribution in [0.5, 0.6) is 0 Å². The van der Waals surface area contributed by atoms with Crippen molar-refractivity contribution in [2.24, 2.45) is 0 Å². The van der Waals surface area contributed by atoms with Crippen molar-refractivity contribution >= 4 is 27.5 Å². The summed E-state index contributed by atoms with van der Waals surface area (Å²) in [5, 5.41) is 2.95. The number of nitrogens with one attached hydrogen (secondary N) is 1. The van der Waals surface area contributed by atoms with Gasteiger partial charge < -0.3 is 10.2 Å². The van der Waals surface area contributed by atoms with Gasteiger partial charge in [-0.1, -0.05) is 67.1 Å². The number of anilines is 1. The number of hydrogen-bond donors (Lipinski definition) is 1. The average Bonchev–Trinajstić information content (AvgIpc) is 2.92. The lowest BCUT2D eigenvalue weighted by atomic mass is 10.1. The maximum absolute atomic E-state index is 14.0. The van der Waals surface area contributed by atoms with E-state index in [0.29, 0.717) is 5.69 Å². The number of rotatable bonds is 11. The van der Waals surface area contributed by atoms with E-state index in [1.165, 1.54) is 17.0 Å². The Labute approximate surface area is 232 Å². The van der Waals surface area contributed by atoms with Crippen LogP contribution in [0.1, 0.15) is 49.4 Å². The molecule has 0 spiro atoms. The van der Waals surface area contributed by atoms with Gasteiger partial charge in [0.15, 0.2) is 0 Å². The van der Waals surface area contributed by atoms with E-state index in [2.05, 4.69) is 5.32 Å². The van der Waals surface area contributed by atoms with Crippen LogP contribution in [0.25, 0.3) is 0 Å². The van der Waals surface area contributed by atoms with Gasteiger partial charge in [-0.15, -0.1) is 0 Å². The Bertz CT molecular complexity index is 1410. The predicted molar refractivity (Wildman–Crippen MR) is 156 cm³/mol. The molecule has 0 radical (unpaired) electrons. The molecule has 0 saturated heterocycles. The second-order valence-electron chi connectivity index (χ2n) is 10.0. The molecule has 39 heavy (non-hydrogen) atoms.